The fraction of sp³-hybridized carbons (Fsp3) is 0.643. The minimum absolute atomic E-state index is 0.154. The second-order valence-electron chi connectivity index (χ2n) is 8.90. The van der Waals surface area contributed by atoms with Gasteiger partial charge < -0.3 is 15.7 Å². The lowest BCUT2D eigenvalue weighted by Gasteiger charge is -2.11. The van der Waals surface area contributed by atoms with Gasteiger partial charge in [0.25, 0.3) is 5.91 Å². The second kappa shape index (κ2) is 19.3. The smallest absolute Gasteiger partial charge is 0.251 e. The van der Waals surface area contributed by atoms with Crippen molar-refractivity contribution in [3.63, 3.8) is 0 Å². The van der Waals surface area contributed by atoms with Crippen molar-refractivity contribution in [2.45, 2.75) is 110 Å². The topological polar surface area (TPSA) is 78.4 Å². The molecule has 0 radical (unpaired) electrons. The normalized spacial score (nSPS) is 11.1. The summed E-state index contributed by atoms with van der Waals surface area (Å²) in [6, 6.07) is 4.96. The Hall–Kier alpha value is -2.14. The number of benzene rings is 1. The number of allylic oxidation sites excluding steroid dienone is 2. The van der Waals surface area contributed by atoms with Crippen LogP contribution < -0.4 is 10.6 Å². The van der Waals surface area contributed by atoms with Crippen LogP contribution in [0, 0.1) is 0 Å². The van der Waals surface area contributed by atoms with Crippen LogP contribution in [0.15, 0.2) is 30.4 Å². The zero-order valence-corrected chi connectivity index (χ0v) is 21.0. The molecule has 0 bridgehead atoms. The highest BCUT2D eigenvalue weighted by atomic mass is 16.3. The summed E-state index contributed by atoms with van der Waals surface area (Å²) in [5.74, 6) is -0.384. The number of anilines is 1. The number of rotatable bonds is 19. The van der Waals surface area contributed by atoms with E-state index in [0.717, 1.165) is 12.8 Å². The fourth-order valence-corrected chi connectivity index (χ4v) is 3.84. The van der Waals surface area contributed by atoms with E-state index in [2.05, 4.69) is 29.7 Å². The van der Waals surface area contributed by atoms with Crippen LogP contribution in [0.4, 0.5) is 5.69 Å². The van der Waals surface area contributed by atoms with E-state index in [-0.39, 0.29) is 18.4 Å². The van der Waals surface area contributed by atoms with Gasteiger partial charge in [0, 0.05) is 30.3 Å². The summed E-state index contributed by atoms with van der Waals surface area (Å²) in [6.45, 7) is 4.13. The highest BCUT2D eigenvalue weighted by molar-refractivity contribution is 5.97. The van der Waals surface area contributed by atoms with Crippen LogP contribution in [-0.2, 0) is 11.4 Å². The first-order valence-corrected chi connectivity index (χ1v) is 13.0. The molecule has 0 heterocycles. The molecule has 0 unspecified atom stereocenters. The van der Waals surface area contributed by atoms with Gasteiger partial charge in [0.1, 0.15) is 0 Å². The quantitative estimate of drug-likeness (QED) is 0.156. The van der Waals surface area contributed by atoms with Crippen molar-refractivity contribution in [1.82, 2.24) is 5.32 Å². The Kier molecular flexibility index (Phi) is 16.9. The number of nitrogens with one attached hydrogen (secondary N) is 2. The summed E-state index contributed by atoms with van der Waals surface area (Å²) in [4.78, 5) is 23.7. The molecule has 1 rings (SSSR count). The van der Waals surface area contributed by atoms with Crippen LogP contribution in [-0.4, -0.2) is 23.5 Å². The zero-order valence-electron chi connectivity index (χ0n) is 21.0. The number of carbonyl (C=O) groups excluding carboxylic acids is 2. The van der Waals surface area contributed by atoms with Gasteiger partial charge in [-0.2, -0.15) is 0 Å². The first-order valence-electron chi connectivity index (χ1n) is 13.0. The fourth-order valence-electron chi connectivity index (χ4n) is 3.84. The summed E-state index contributed by atoms with van der Waals surface area (Å²) < 4.78 is 0. The van der Waals surface area contributed by atoms with Crippen LogP contribution in [0.1, 0.15) is 120 Å². The van der Waals surface area contributed by atoms with Gasteiger partial charge in [-0.15, -0.1) is 0 Å². The molecule has 33 heavy (non-hydrogen) atoms. The van der Waals surface area contributed by atoms with Crippen molar-refractivity contribution in [3.05, 3.63) is 41.5 Å². The summed E-state index contributed by atoms with van der Waals surface area (Å²) in [5, 5.41) is 15.0. The van der Waals surface area contributed by atoms with Gasteiger partial charge in [-0.25, -0.2) is 0 Å². The largest absolute Gasteiger partial charge is 0.392 e. The molecule has 0 atom stereocenters. The molecule has 0 saturated heterocycles. The third-order valence-electron chi connectivity index (χ3n) is 5.83. The summed E-state index contributed by atoms with van der Waals surface area (Å²) in [6.07, 6.45) is 22.4. The van der Waals surface area contributed by atoms with Crippen LogP contribution in [0.25, 0.3) is 0 Å². The molecule has 3 N–H and O–H groups in total. The number of hydrogen-bond donors (Lipinski definition) is 3. The number of carbonyl (C=O) groups is 2. The Morgan fingerprint density at radius 3 is 2.00 bits per heavy atom. The number of amides is 2. The number of aliphatic hydroxyl groups is 1. The monoisotopic (exact) mass is 458 g/mol. The predicted molar refractivity (Wildman–Crippen MR) is 138 cm³/mol. The van der Waals surface area contributed by atoms with Crippen molar-refractivity contribution in [2.75, 3.05) is 11.9 Å². The summed E-state index contributed by atoms with van der Waals surface area (Å²) in [7, 11) is 0. The maximum atomic E-state index is 12.3. The Balaban J connectivity index is 2.04. The first kappa shape index (κ1) is 28.9. The highest BCUT2D eigenvalue weighted by Gasteiger charge is 2.10. The minimum Gasteiger partial charge on any atom is -0.392 e. The lowest BCUT2D eigenvalue weighted by molar-refractivity contribution is -0.114. The van der Waals surface area contributed by atoms with E-state index in [1.807, 2.05) is 0 Å². The van der Waals surface area contributed by atoms with E-state index >= 15 is 0 Å². The van der Waals surface area contributed by atoms with Gasteiger partial charge in [0.05, 0.1) is 6.61 Å². The third kappa shape index (κ3) is 14.6. The summed E-state index contributed by atoms with van der Waals surface area (Å²) >= 11 is 0. The molecule has 0 spiro atoms. The lowest BCUT2D eigenvalue weighted by Crippen LogP contribution is -2.24. The average molecular weight is 459 g/mol. The van der Waals surface area contributed by atoms with Crippen LogP contribution in [0.3, 0.4) is 0 Å². The number of aliphatic hydroxyl groups excluding tert-OH is 1. The number of hydrogen-bond acceptors (Lipinski definition) is 3. The first-order chi connectivity index (χ1) is 16.1. The molecule has 0 aliphatic carbocycles. The molecule has 0 aliphatic heterocycles. The van der Waals surface area contributed by atoms with Crippen LogP contribution in [0.2, 0.25) is 0 Å². The minimum atomic E-state index is -0.230. The lowest BCUT2D eigenvalue weighted by atomic mass is 10.1. The van der Waals surface area contributed by atoms with Gasteiger partial charge in [-0.1, -0.05) is 82.9 Å². The molecule has 5 nitrogen and oxygen atoms in total. The molecule has 1 aromatic rings. The molecular formula is C28H46N2O3. The standard InChI is InChI=1S/C28H46N2O3/c1-3-4-5-6-7-8-9-10-11-12-13-14-15-16-17-18-21-29-28(33)25-19-20-26(23-31)27(22-25)30-24(2)32/h10-11,19-20,22,31H,3-9,12-18,21,23H2,1-2H3,(H,29,33)(H,30,32)/b11-10-. The van der Waals surface area contributed by atoms with E-state index in [4.69, 9.17) is 0 Å². The van der Waals surface area contributed by atoms with E-state index in [1.54, 1.807) is 18.2 Å². The SMILES string of the molecule is CCCCCCCC/C=C\CCCCCCCCNC(=O)c1ccc(CO)c(NC(C)=O)c1. The predicted octanol–water partition coefficient (Wildman–Crippen LogP) is 6.90. The van der Waals surface area contributed by atoms with E-state index in [0.29, 0.717) is 23.4 Å². The maximum Gasteiger partial charge on any atom is 0.251 e. The molecule has 186 valence electrons. The number of unbranched alkanes of at least 4 members (excludes halogenated alkanes) is 12. The third-order valence-corrected chi connectivity index (χ3v) is 5.83. The van der Waals surface area contributed by atoms with Crippen molar-refractivity contribution in [3.8, 4) is 0 Å². The molecule has 0 aromatic heterocycles. The molecule has 5 heteroatoms. The average Bonchev–Trinajstić information content (AvgIpc) is 2.80. The second-order valence-corrected chi connectivity index (χ2v) is 8.90. The van der Waals surface area contributed by atoms with E-state index in [1.165, 1.54) is 84.0 Å². The van der Waals surface area contributed by atoms with Crippen molar-refractivity contribution in [2.24, 2.45) is 0 Å². The molecule has 0 aliphatic rings. The van der Waals surface area contributed by atoms with Crippen LogP contribution >= 0.6 is 0 Å². The van der Waals surface area contributed by atoms with Crippen molar-refractivity contribution >= 4 is 17.5 Å². The Bertz CT molecular complexity index is 700. The van der Waals surface area contributed by atoms with Gasteiger partial charge in [0.15, 0.2) is 0 Å². The van der Waals surface area contributed by atoms with E-state index in [9.17, 15) is 14.7 Å². The van der Waals surface area contributed by atoms with Gasteiger partial charge in [0.2, 0.25) is 5.91 Å². The Morgan fingerprint density at radius 1 is 0.848 bits per heavy atom. The Labute approximate surface area is 201 Å². The highest BCUT2D eigenvalue weighted by Crippen LogP contribution is 2.18. The van der Waals surface area contributed by atoms with E-state index < -0.39 is 0 Å². The van der Waals surface area contributed by atoms with Gasteiger partial charge in [-0.3, -0.25) is 9.59 Å². The maximum absolute atomic E-state index is 12.3. The molecule has 0 fully saturated rings. The van der Waals surface area contributed by atoms with Gasteiger partial charge >= 0.3 is 0 Å². The molecular weight excluding hydrogens is 412 g/mol. The Morgan fingerprint density at radius 2 is 1.42 bits per heavy atom. The van der Waals surface area contributed by atoms with Crippen LogP contribution in [0.5, 0.6) is 0 Å². The van der Waals surface area contributed by atoms with Crippen molar-refractivity contribution < 1.29 is 14.7 Å². The molecule has 0 saturated carbocycles. The summed E-state index contributed by atoms with van der Waals surface area (Å²) in [5.41, 5.74) is 1.56. The molecule has 1 aromatic carbocycles. The molecule has 2 amide bonds. The van der Waals surface area contributed by atoms with Gasteiger partial charge in [-0.05, 0) is 44.2 Å². The van der Waals surface area contributed by atoms with Crippen molar-refractivity contribution in [1.29, 1.82) is 0 Å². The zero-order chi connectivity index (χ0) is 24.2.